The summed E-state index contributed by atoms with van der Waals surface area (Å²) < 4.78 is 41.3. The lowest BCUT2D eigenvalue weighted by Crippen LogP contribution is -2.06. The molecule has 114 valence electrons. The number of nitrogens with zero attached hydrogens (tertiary/aromatic N) is 2. The molecule has 0 aliphatic rings. The Bertz CT molecular complexity index is 857. The molecular formula is C14H6Br2ClF3N2. The molecule has 2 aromatic heterocycles. The molecule has 0 saturated heterocycles. The molecule has 0 bridgehead atoms. The van der Waals surface area contributed by atoms with E-state index in [-0.39, 0.29) is 10.7 Å². The van der Waals surface area contributed by atoms with Gasteiger partial charge in [0, 0.05) is 16.2 Å². The van der Waals surface area contributed by atoms with Gasteiger partial charge in [-0.1, -0.05) is 39.7 Å². The Kier molecular flexibility index (Phi) is 3.99. The van der Waals surface area contributed by atoms with Crippen molar-refractivity contribution < 1.29 is 13.2 Å². The number of halogens is 6. The van der Waals surface area contributed by atoms with Crippen molar-refractivity contribution in [3.05, 3.63) is 56.2 Å². The lowest BCUT2D eigenvalue weighted by Gasteiger charge is -2.08. The fraction of sp³-hybridized carbons (Fsp3) is 0.0714. The van der Waals surface area contributed by atoms with Gasteiger partial charge < -0.3 is 0 Å². The van der Waals surface area contributed by atoms with Crippen LogP contribution in [0.5, 0.6) is 0 Å². The Hall–Kier alpha value is -1.05. The Morgan fingerprint density at radius 3 is 2.32 bits per heavy atom. The van der Waals surface area contributed by atoms with Gasteiger partial charge >= 0.3 is 6.18 Å². The van der Waals surface area contributed by atoms with E-state index in [9.17, 15) is 13.2 Å². The van der Waals surface area contributed by atoms with Crippen molar-refractivity contribution in [2.24, 2.45) is 0 Å². The minimum atomic E-state index is -4.47. The van der Waals surface area contributed by atoms with Gasteiger partial charge in [-0.05, 0) is 34.1 Å². The second-order valence-corrected chi connectivity index (χ2v) is 6.60. The van der Waals surface area contributed by atoms with Crippen LogP contribution in [0.3, 0.4) is 0 Å². The van der Waals surface area contributed by atoms with E-state index < -0.39 is 11.7 Å². The van der Waals surface area contributed by atoms with Gasteiger partial charge in [0.05, 0.1) is 10.6 Å². The minimum Gasteiger partial charge on any atom is -0.292 e. The van der Waals surface area contributed by atoms with Gasteiger partial charge in [-0.15, -0.1) is 0 Å². The molecule has 1 aromatic carbocycles. The van der Waals surface area contributed by atoms with Gasteiger partial charge in [0.1, 0.15) is 10.3 Å². The molecule has 0 aliphatic carbocycles. The SMILES string of the molecule is FC(F)(F)c1cc(Cl)c2nc(-c3ccc(Br)cc3)c(Br)n2c1. The van der Waals surface area contributed by atoms with Crippen molar-refractivity contribution in [3.8, 4) is 11.3 Å². The molecule has 0 aliphatic heterocycles. The first-order valence-corrected chi connectivity index (χ1v) is 7.94. The summed E-state index contributed by atoms with van der Waals surface area (Å²) in [5.74, 6) is 0. The molecule has 0 radical (unpaired) electrons. The third-order valence-electron chi connectivity index (χ3n) is 3.06. The molecule has 0 amide bonds. The van der Waals surface area contributed by atoms with Crippen LogP contribution in [0.25, 0.3) is 16.9 Å². The molecule has 0 spiro atoms. The maximum atomic E-state index is 12.9. The Labute approximate surface area is 145 Å². The van der Waals surface area contributed by atoms with E-state index in [2.05, 4.69) is 36.8 Å². The first kappa shape index (κ1) is 15.8. The highest BCUT2D eigenvalue weighted by molar-refractivity contribution is 9.10. The molecule has 0 N–H and O–H groups in total. The topological polar surface area (TPSA) is 17.3 Å². The number of aromatic nitrogens is 2. The molecule has 0 atom stereocenters. The predicted octanol–water partition coefficient (Wildman–Crippen LogP) is 6.20. The molecular weight excluding hydrogens is 448 g/mol. The largest absolute Gasteiger partial charge is 0.417 e. The zero-order valence-electron chi connectivity index (χ0n) is 10.6. The molecule has 3 rings (SSSR count). The van der Waals surface area contributed by atoms with Gasteiger partial charge in [-0.25, -0.2) is 4.98 Å². The summed E-state index contributed by atoms with van der Waals surface area (Å²) in [6.45, 7) is 0. The summed E-state index contributed by atoms with van der Waals surface area (Å²) in [5, 5.41) is -0.0566. The van der Waals surface area contributed by atoms with Crippen LogP contribution in [-0.4, -0.2) is 9.38 Å². The van der Waals surface area contributed by atoms with Gasteiger partial charge in [-0.2, -0.15) is 13.2 Å². The molecule has 0 unspecified atom stereocenters. The molecule has 0 fully saturated rings. The second kappa shape index (κ2) is 5.54. The first-order chi connectivity index (χ1) is 10.3. The highest BCUT2D eigenvalue weighted by Gasteiger charge is 2.32. The van der Waals surface area contributed by atoms with Crippen molar-refractivity contribution in [2.75, 3.05) is 0 Å². The van der Waals surface area contributed by atoms with Crippen LogP contribution < -0.4 is 0 Å². The number of rotatable bonds is 1. The number of pyridine rings is 1. The number of imidazole rings is 1. The number of benzene rings is 1. The number of hydrogen-bond donors (Lipinski definition) is 0. The molecule has 22 heavy (non-hydrogen) atoms. The average Bonchev–Trinajstić information content (AvgIpc) is 2.77. The minimum absolute atomic E-state index is 0.0566. The third-order valence-corrected chi connectivity index (χ3v) is 4.63. The zero-order chi connectivity index (χ0) is 16.1. The molecule has 2 heterocycles. The fourth-order valence-electron chi connectivity index (χ4n) is 2.02. The van der Waals surface area contributed by atoms with E-state index in [1.54, 1.807) is 0 Å². The van der Waals surface area contributed by atoms with Crippen LogP contribution >= 0.6 is 43.5 Å². The van der Waals surface area contributed by atoms with Crippen LogP contribution in [0.15, 0.2) is 45.6 Å². The number of hydrogen-bond acceptors (Lipinski definition) is 1. The summed E-state index contributed by atoms with van der Waals surface area (Å²) in [7, 11) is 0. The van der Waals surface area contributed by atoms with Gasteiger partial charge in [0.15, 0.2) is 5.65 Å². The molecule has 0 saturated carbocycles. The van der Waals surface area contributed by atoms with E-state index in [0.717, 1.165) is 22.3 Å². The zero-order valence-corrected chi connectivity index (χ0v) is 14.6. The van der Waals surface area contributed by atoms with E-state index in [1.807, 2.05) is 24.3 Å². The van der Waals surface area contributed by atoms with Gasteiger partial charge in [-0.3, -0.25) is 4.40 Å². The van der Waals surface area contributed by atoms with E-state index in [0.29, 0.717) is 10.3 Å². The lowest BCUT2D eigenvalue weighted by atomic mass is 10.2. The summed E-state index contributed by atoms with van der Waals surface area (Å²) in [5.41, 5.74) is 0.724. The van der Waals surface area contributed by atoms with Crippen molar-refractivity contribution >= 4 is 49.1 Å². The highest BCUT2D eigenvalue weighted by Crippen LogP contribution is 2.36. The Balaban J connectivity index is 2.25. The normalized spacial score (nSPS) is 12.1. The molecule has 8 heteroatoms. The smallest absolute Gasteiger partial charge is 0.292 e. The molecule has 3 aromatic rings. The van der Waals surface area contributed by atoms with Crippen LogP contribution in [0.4, 0.5) is 13.2 Å². The standard InChI is InChI=1S/C14H6Br2ClF3N2/c15-9-3-1-7(2-4-9)11-12(16)22-6-8(14(18,19)20)5-10(17)13(22)21-11/h1-6H. The maximum Gasteiger partial charge on any atom is 0.417 e. The maximum absolute atomic E-state index is 12.9. The third kappa shape index (κ3) is 2.77. The van der Waals surface area contributed by atoms with Crippen molar-refractivity contribution in [1.29, 1.82) is 0 Å². The summed E-state index contributed by atoms with van der Waals surface area (Å²) in [4.78, 5) is 4.34. The van der Waals surface area contributed by atoms with Crippen LogP contribution in [-0.2, 0) is 6.18 Å². The number of alkyl halides is 3. The molecule has 2 nitrogen and oxygen atoms in total. The van der Waals surface area contributed by atoms with Gasteiger partial charge in [0.25, 0.3) is 0 Å². The van der Waals surface area contributed by atoms with E-state index in [1.165, 1.54) is 4.40 Å². The Morgan fingerprint density at radius 2 is 1.73 bits per heavy atom. The fourth-order valence-corrected chi connectivity index (χ4v) is 3.13. The van der Waals surface area contributed by atoms with E-state index >= 15 is 0 Å². The summed E-state index contributed by atoms with van der Waals surface area (Å²) >= 11 is 12.6. The van der Waals surface area contributed by atoms with Crippen molar-refractivity contribution in [2.45, 2.75) is 6.18 Å². The summed E-state index contributed by atoms with van der Waals surface area (Å²) in [6.07, 6.45) is -3.50. The van der Waals surface area contributed by atoms with Crippen LogP contribution in [0.2, 0.25) is 5.02 Å². The monoisotopic (exact) mass is 452 g/mol. The van der Waals surface area contributed by atoms with Crippen molar-refractivity contribution in [1.82, 2.24) is 9.38 Å². The highest BCUT2D eigenvalue weighted by atomic mass is 79.9. The van der Waals surface area contributed by atoms with E-state index in [4.69, 9.17) is 11.6 Å². The van der Waals surface area contributed by atoms with Crippen molar-refractivity contribution in [3.63, 3.8) is 0 Å². The number of fused-ring (bicyclic) bond motifs is 1. The first-order valence-electron chi connectivity index (χ1n) is 5.97. The quantitative estimate of drug-likeness (QED) is 0.428. The van der Waals surface area contributed by atoms with Crippen LogP contribution in [0, 0.1) is 0 Å². The lowest BCUT2D eigenvalue weighted by molar-refractivity contribution is -0.137. The van der Waals surface area contributed by atoms with Gasteiger partial charge in [0.2, 0.25) is 0 Å². The van der Waals surface area contributed by atoms with Crippen LogP contribution in [0.1, 0.15) is 5.56 Å². The second-order valence-electron chi connectivity index (χ2n) is 4.53. The predicted molar refractivity (Wildman–Crippen MR) is 86.0 cm³/mol. The average molecular weight is 454 g/mol. The summed E-state index contributed by atoms with van der Waals surface area (Å²) in [6, 6.07) is 8.16. The Morgan fingerprint density at radius 1 is 1.09 bits per heavy atom.